The van der Waals surface area contributed by atoms with Crippen molar-refractivity contribution in [2.45, 2.75) is 46.8 Å². The van der Waals surface area contributed by atoms with Gasteiger partial charge in [0.2, 0.25) is 0 Å². The maximum atomic E-state index is 12.3. The lowest BCUT2D eigenvalue weighted by molar-refractivity contribution is 0.0588. The number of carboxylic acid groups (broad SMARTS) is 1. The van der Waals surface area contributed by atoms with Crippen molar-refractivity contribution in [2.24, 2.45) is 0 Å². The summed E-state index contributed by atoms with van der Waals surface area (Å²) >= 11 is 6.52. The Hall–Kier alpha value is -3.13. The van der Waals surface area contributed by atoms with E-state index in [0.29, 0.717) is 34.2 Å². The maximum absolute atomic E-state index is 12.3. The minimum absolute atomic E-state index is 0.0356. The van der Waals surface area contributed by atoms with Crippen LogP contribution >= 0.6 is 11.6 Å². The zero-order valence-corrected chi connectivity index (χ0v) is 19.1. The van der Waals surface area contributed by atoms with E-state index in [1.54, 1.807) is 40.0 Å². The summed E-state index contributed by atoms with van der Waals surface area (Å²) in [5.41, 5.74) is 2.62. The fraction of sp³-hybridized carbons (Fsp3) is 0.364. The van der Waals surface area contributed by atoms with Gasteiger partial charge in [-0.3, -0.25) is 4.90 Å². The number of amides is 1. The van der Waals surface area contributed by atoms with E-state index in [-0.39, 0.29) is 5.69 Å². The van der Waals surface area contributed by atoms with Crippen LogP contribution in [0.3, 0.4) is 0 Å². The van der Waals surface area contributed by atoms with Crippen LogP contribution in [0.5, 0.6) is 0 Å². The van der Waals surface area contributed by atoms with Crippen molar-refractivity contribution in [1.29, 1.82) is 0 Å². The predicted molar refractivity (Wildman–Crippen MR) is 119 cm³/mol. The highest BCUT2D eigenvalue weighted by Gasteiger charge is 2.21. The molecule has 8 nitrogen and oxygen atoms in total. The number of halogens is 1. The SMILES string of the molecule is Cc1cc(C(=O)O)nc2c1nc(C)n2Cc1ccc(N(C)C(=O)OC(C)(C)C)cc1Cl. The van der Waals surface area contributed by atoms with Gasteiger partial charge in [0.25, 0.3) is 0 Å². The molecule has 2 aromatic heterocycles. The lowest BCUT2D eigenvalue weighted by Gasteiger charge is -2.25. The summed E-state index contributed by atoms with van der Waals surface area (Å²) in [6, 6.07) is 6.80. The third kappa shape index (κ3) is 4.80. The molecule has 31 heavy (non-hydrogen) atoms. The fourth-order valence-electron chi connectivity index (χ4n) is 3.13. The number of fused-ring (bicyclic) bond motifs is 1. The smallest absolute Gasteiger partial charge is 0.414 e. The number of aromatic carboxylic acids is 1. The molecule has 0 aliphatic rings. The molecule has 0 unspecified atom stereocenters. The van der Waals surface area contributed by atoms with E-state index in [0.717, 1.165) is 11.1 Å². The van der Waals surface area contributed by atoms with Crippen molar-refractivity contribution in [3.8, 4) is 0 Å². The molecule has 0 saturated carbocycles. The van der Waals surface area contributed by atoms with Gasteiger partial charge in [0.05, 0.1) is 6.54 Å². The Morgan fingerprint density at radius 2 is 1.87 bits per heavy atom. The second kappa shape index (κ2) is 8.19. The molecule has 9 heteroatoms. The molecular weight excluding hydrogens is 420 g/mol. The van der Waals surface area contributed by atoms with Crippen molar-refractivity contribution in [3.63, 3.8) is 0 Å². The first-order valence-electron chi connectivity index (χ1n) is 9.70. The molecule has 1 aromatic carbocycles. The second-order valence-corrected chi connectivity index (χ2v) is 8.77. The lowest BCUT2D eigenvalue weighted by atomic mass is 10.2. The molecule has 0 radical (unpaired) electrons. The molecule has 0 fully saturated rings. The van der Waals surface area contributed by atoms with E-state index in [1.807, 2.05) is 24.5 Å². The topological polar surface area (TPSA) is 97.5 Å². The van der Waals surface area contributed by atoms with Crippen LogP contribution in [-0.4, -0.2) is 44.4 Å². The number of benzene rings is 1. The minimum atomic E-state index is -1.09. The summed E-state index contributed by atoms with van der Waals surface area (Å²) in [7, 11) is 1.62. The molecule has 0 atom stereocenters. The Morgan fingerprint density at radius 3 is 2.45 bits per heavy atom. The van der Waals surface area contributed by atoms with Gasteiger partial charge in [-0.25, -0.2) is 19.6 Å². The number of carboxylic acids is 1. The van der Waals surface area contributed by atoms with E-state index < -0.39 is 17.7 Å². The average Bonchev–Trinajstić information content (AvgIpc) is 2.97. The summed E-state index contributed by atoms with van der Waals surface area (Å²) in [5, 5.41) is 9.80. The number of anilines is 1. The van der Waals surface area contributed by atoms with E-state index in [2.05, 4.69) is 9.97 Å². The Bertz CT molecular complexity index is 1180. The molecule has 164 valence electrons. The van der Waals surface area contributed by atoms with Gasteiger partial charge >= 0.3 is 12.1 Å². The van der Waals surface area contributed by atoms with Crippen molar-refractivity contribution < 1.29 is 19.4 Å². The van der Waals surface area contributed by atoms with Crippen molar-refractivity contribution >= 4 is 40.5 Å². The highest BCUT2D eigenvalue weighted by atomic mass is 35.5. The molecule has 2 heterocycles. The van der Waals surface area contributed by atoms with Gasteiger partial charge < -0.3 is 14.4 Å². The van der Waals surface area contributed by atoms with Crippen molar-refractivity contribution in [1.82, 2.24) is 14.5 Å². The van der Waals surface area contributed by atoms with E-state index >= 15 is 0 Å². The third-order valence-electron chi connectivity index (χ3n) is 4.72. The summed E-state index contributed by atoms with van der Waals surface area (Å²) < 4.78 is 7.22. The van der Waals surface area contributed by atoms with E-state index in [9.17, 15) is 14.7 Å². The Morgan fingerprint density at radius 1 is 1.19 bits per heavy atom. The van der Waals surface area contributed by atoms with E-state index in [4.69, 9.17) is 16.3 Å². The van der Waals surface area contributed by atoms with Gasteiger partial charge in [0, 0.05) is 17.8 Å². The number of rotatable bonds is 4. The summed E-state index contributed by atoms with van der Waals surface area (Å²) in [6.45, 7) is 9.41. The van der Waals surface area contributed by atoms with E-state index in [1.165, 1.54) is 11.0 Å². The fourth-order valence-corrected chi connectivity index (χ4v) is 3.36. The van der Waals surface area contributed by atoms with Crippen molar-refractivity contribution in [2.75, 3.05) is 11.9 Å². The Balaban J connectivity index is 1.94. The number of carbonyl (C=O) groups excluding carboxylic acids is 1. The highest BCUT2D eigenvalue weighted by molar-refractivity contribution is 6.31. The number of aromatic nitrogens is 3. The molecule has 0 saturated heterocycles. The second-order valence-electron chi connectivity index (χ2n) is 8.36. The number of hydrogen-bond donors (Lipinski definition) is 1. The number of hydrogen-bond acceptors (Lipinski definition) is 5. The van der Waals surface area contributed by atoms with Gasteiger partial charge in [-0.2, -0.15) is 0 Å². The normalized spacial score (nSPS) is 11.6. The largest absolute Gasteiger partial charge is 0.477 e. The molecule has 3 aromatic rings. The monoisotopic (exact) mass is 444 g/mol. The molecule has 0 spiro atoms. The first kappa shape index (κ1) is 22.6. The average molecular weight is 445 g/mol. The van der Waals surface area contributed by atoms with Crippen LogP contribution in [0.1, 0.15) is 48.2 Å². The molecule has 0 bridgehead atoms. The van der Waals surface area contributed by atoms with Gasteiger partial charge in [-0.1, -0.05) is 17.7 Å². The molecule has 1 amide bonds. The van der Waals surface area contributed by atoms with Gasteiger partial charge in [0.1, 0.15) is 16.9 Å². The molecular formula is C22H25ClN4O4. The Kier molecular flexibility index (Phi) is 5.96. The third-order valence-corrected chi connectivity index (χ3v) is 5.08. The van der Waals surface area contributed by atoms with Crippen LogP contribution in [0.15, 0.2) is 24.3 Å². The number of aryl methyl sites for hydroxylation is 2. The molecule has 3 rings (SSSR count). The lowest BCUT2D eigenvalue weighted by Crippen LogP contribution is -2.34. The zero-order valence-electron chi connectivity index (χ0n) is 18.4. The van der Waals surface area contributed by atoms with Crippen LogP contribution < -0.4 is 4.90 Å². The number of nitrogens with zero attached hydrogens (tertiary/aromatic N) is 4. The highest BCUT2D eigenvalue weighted by Crippen LogP contribution is 2.27. The zero-order chi connectivity index (χ0) is 23.1. The number of pyridine rings is 1. The summed E-state index contributed by atoms with van der Waals surface area (Å²) in [6.07, 6.45) is -0.478. The Labute approximate surface area is 185 Å². The van der Waals surface area contributed by atoms with Gasteiger partial charge in [-0.05, 0) is 63.9 Å². The minimum Gasteiger partial charge on any atom is -0.477 e. The number of ether oxygens (including phenoxy) is 1. The predicted octanol–water partition coefficient (Wildman–Crippen LogP) is 4.82. The maximum Gasteiger partial charge on any atom is 0.414 e. The quantitative estimate of drug-likeness (QED) is 0.619. The summed E-state index contributed by atoms with van der Waals surface area (Å²) in [4.78, 5) is 33.9. The van der Waals surface area contributed by atoms with Crippen LogP contribution in [0.4, 0.5) is 10.5 Å². The van der Waals surface area contributed by atoms with Gasteiger partial charge in [0.15, 0.2) is 11.3 Å². The van der Waals surface area contributed by atoms with Crippen LogP contribution in [-0.2, 0) is 11.3 Å². The van der Waals surface area contributed by atoms with Crippen molar-refractivity contribution in [3.05, 3.63) is 51.9 Å². The van der Waals surface area contributed by atoms with Crippen LogP contribution in [0.25, 0.3) is 11.2 Å². The standard InChI is InChI=1S/C22H25ClN4O4/c1-12-9-17(20(28)29)25-19-18(12)24-13(2)27(19)11-14-7-8-15(10-16(14)23)26(6)21(30)31-22(3,4)5/h7-10H,11H2,1-6H3,(H,28,29). The summed E-state index contributed by atoms with van der Waals surface area (Å²) in [5.74, 6) is -0.401. The first-order chi connectivity index (χ1) is 14.4. The first-order valence-corrected chi connectivity index (χ1v) is 10.1. The molecule has 0 aliphatic carbocycles. The molecule has 1 N–H and O–H groups in total. The van der Waals surface area contributed by atoms with Crippen LogP contribution in [0.2, 0.25) is 5.02 Å². The van der Waals surface area contributed by atoms with Crippen LogP contribution in [0, 0.1) is 13.8 Å². The number of imidazole rings is 1. The number of carbonyl (C=O) groups is 2. The molecule has 0 aliphatic heterocycles. The van der Waals surface area contributed by atoms with Gasteiger partial charge in [-0.15, -0.1) is 0 Å².